The SMILES string of the molecule is C[C@@H](OC(=O)[C@@H]1CC(=O)N(c2ccccc2F)C1)C(=O)Nc1ccc(C(N)=O)cc1. The third kappa shape index (κ3) is 4.62. The summed E-state index contributed by atoms with van der Waals surface area (Å²) >= 11 is 0. The topological polar surface area (TPSA) is 119 Å². The Balaban J connectivity index is 1.57. The van der Waals surface area contributed by atoms with Crippen molar-refractivity contribution in [2.45, 2.75) is 19.4 Å². The first kappa shape index (κ1) is 21.0. The van der Waals surface area contributed by atoms with Crippen LogP contribution in [0.5, 0.6) is 0 Å². The number of nitrogens with two attached hydrogens (primary N) is 1. The van der Waals surface area contributed by atoms with Crippen molar-refractivity contribution in [2.75, 3.05) is 16.8 Å². The van der Waals surface area contributed by atoms with Crippen molar-refractivity contribution >= 4 is 35.1 Å². The van der Waals surface area contributed by atoms with E-state index in [4.69, 9.17) is 10.5 Å². The molecule has 0 unspecified atom stereocenters. The molecular formula is C21H20FN3O5. The average molecular weight is 413 g/mol. The van der Waals surface area contributed by atoms with Gasteiger partial charge in [-0.15, -0.1) is 0 Å². The lowest BCUT2D eigenvalue weighted by atomic mass is 10.1. The molecule has 0 aliphatic carbocycles. The highest BCUT2D eigenvalue weighted by atomic mass is 19.1. The minimum atomic E-state index is -1.12. The Morgan fingerprint density at radius 1 is 1.17 bits per heavy atom. The van der Waals surface area contributed by atoms with Gasteiger partial charge in [0, 0.05) is 24.2 Å². The molecule has 9 heteroatoms. The molecular weight excluding hydrogens is 393 g/mol. The third-order valence-corrected chi connectivity index (χ3v) is 4.70. The van der Waals surface area contributed by atoms with Gasteiger partial charge in [-0.1, -0.05) is 12.1 Å². The molecule has 1 aliphatic heterocycles. The van der Waals surface area contributed by atoms with Crippen LogP contribution in [0.3, 0.4) is 0 Å². The van der Waals surface area contributed by atoms with E-state index in [1.54, 1.807) is 6.07 Å². The summed E-state index contributed by atoms with van der Waals surface area (Å²) in [6.45, 7) is 1.37. The fourth-order valence-electron chi connectivity index (χ4n) is 3.05. The van der Waals surface area contributed by atoms with Gasteiger partial charge in [0.25, 0.3) is 5.91 Å². The molecule has 0 spiro atoms. The van der Waals surface area contributed by atoms with Crippen molar-refractivity contribution in [1.29, 1.82) is 0 Å². The Bertz CT molecular complexity index is 992. The number of benzene rings is 2. The Morgan fingerprint density at radius 3 is 2.47 bits per heavy atom. The predicted octanol–water partition coefficient (Wildman–Crippen LogP) is 1.85. The second-order valence-corrected chi connectivity index (χ2v) is 6.87. The zero-order chi connectivity index (χ0) is 21.8. The van der Waals surface area contributed by atoms with Crippen LogP contribution in [0.25, 0.3) is 0 Å². The minimum Gasteiger partial charge on any atom is -0.452 e. The van der Waals surface area contributed by atoms with Crippen LogP contribution in [-0.4, -0.2) is 36.3 Å². The summed E-state index contributed by atoms with van der Waals surface area (Å²) in [4.78, 5) is 49.2. The number of amides is 3. The first-order valence-corrected chi connectivity index (χ1v) is 9.22. The number of carbonyl (C=O) groups excluding carboxylic acids is 4. The predicted molar refractivity (Wildman–Crippen MR) is 106 cm³/mol. The van der Waals surface area contributed by atoms with Gasteiger partial charge in [0.1, 0.15) is 5.82 Å². The Hall–Kier alpha value is -3.75. The summed E-state index contributed by atoms with van der Waals surface area (Å²) in [5, 5.41) is 2.56. The molecule has 0 radical (unpaired) electrons. The molecule has 0 aromatic heterocycles. The van der Waals surface area contributed by atoms with Crippen LogP contribution in [0.2, 0.25) is 0 Å². The van der Waals surface area contributed by atoms with Gasteiger partial charge in [-0.3, -0.25) is 19.2 Å². The van der Waals surface area contributed by atoms with Gasteiger partial charge in [0.2, 0.25) is 11.8 Å². The summed E-state index contributed by atoms with van der Waals surface area (Å²) in [6, 6.07) is 11.7. The number of rotatable bonds is 6. The van der Waals surface area contributed by atoms with E-state index in [0.29, 0.717) is 5.69 Å². The van der Waals surface area contributed by atoms with E-state index in [0.717, 1.165) is 0 Å². The highest BCUT2D eigenvalue weighted by Crippen LogP contribution is 2.28. The number of hydrogen-bond donors (Lipinski definition) is 2. The van der Waals surface area contributed by atoms with Crippen LogP contribution in [-0.2, 0) is 19.1 Å². The van der Waals surface area contributed by atoms with Crippen molar-refractivity contribution in [1.82, 2.24) is 0 Å². The maximum Gasteiger partial charge on any atom is 0.312 e. The molecule has 1 aliphatic rings. The van der Waals surface area contributed by atoms with Gasteiger partial charge in [-0.2, -0.15) is 0 Å². The number of hydrogen-bond acceptors (Lipinski definition) is 5. The van der Waals surface area contributed by atoms with Gasteiger partial charge >= 0.3 is 5.97 Å². The highest BCUT2D eigenvalue weighted by molar-refractivity contribution is 6.00. The molecule has 3 amide bonds. The van der Waals surface area contributed by atoms with Crippen LogP contribution in [0.15, 0.2) is 48.5 Å². The fourth-order valence-corrected chi connectivity index (χ4v) is 3.05. The number of nitrogens with one attached hydrogen (secondary N) is 1. The fraction of sp³-hybridized carbons (Fsp3) is 0.238. The molecule has 1 heterocycles. The Kier molecular flexibility index (Phi) is 6.10. The smallest absolute Gasteiger partial charge is 0.312 e. The minimum absolute atomic E-state index is 0.0263. The van der Waals surface area contributed by atoms with E-state index < -0.39 is 41.5 Å². The first-order valence-electron chi connectivity index (χ1n) is 9.22. The third-order valence-electron chi connectivity index (χ3n) is 4.70. The average Bonchev–Trinajstić information content (AvgIpc) is 3.10. The monoisotopic (exact) mass is 413 g/mol. The second kappa shape index (κ2) is 8.73. The van der Waals surface area contributed by atoms with Crippen molar-refractivity contribution in [3.05, 3.63) is 59.9 Å². The first-order chi connectivity index (χ1) is 14.3. The molecule has 156 valence electrons. The summed E-state index contributed by atoms with van der Waals surface area (Å²) in [5.74, 6) is -3.64. The normalized spacial score (nSPS) is 16.8. The van der Waals surface area contributed by atoms with E-state index in [2.05, 4.69) is 5.32 Å². The second-order valence-electron chi connectivity index (χ2n) is 6.87. The molecule has 2 aromatic rings. The van der Waals surface area contributed by atoms with Crippen LogP contribution in [0.4, 0.5) is 15.8 Å². The highest BCUT2D eigenvalue weighted by Gasteiger charge is 2.38. The number of esters is 1. The zero-order valence-electron chi connectivity index (χ0n) is 16.1. The van der Waals surface area contributed by atoms with Crippen LogP contribution in [0, 0.1) is 11.7 Å². The van der Waals surface area contributed by atoms with E-state index >= 15 is 0 Å². The number of nitrogens with zero attached hydrogens (tertiary/aromatic N) is 1. The summed E-state index contributed by atoms with van der Waals surface area (Å²) in [7, 11) is 0. The standard InChI is InChI=1S/C21H20FN3O5/c1-12(20(28)24-15-8-6-13(7-9-15)19(23)27)30-21(29)14-10-18(26)25(11-14)17-5-3-2-4-16(17)22/h2-9,12,14H,10-11H2,1H3,(H2,23,27)(H,24,28)/t12-,14-/m1/s1. The van der Waals surface area contributed by atoms with Crippen molar-refractivity contribution in [3.8, 4) is 0 Å². The molecule has 1 saturated heterocycles. The maximum absolute atomic E-state index is 13.9. The van der Waals surface area contributed by atoms with Crippen molar-refractivity contribution in [2.24, 2.45) is 11.7 Å². The zero-order valence-corrected chi connectivity index (χ0v) is 16.1. The number of ether oxygens (including phenoxy) is 1. The molecule has 2 aromatic carbocycles. The molecule has 0 saturated carbocycles. The van der Waals surface area contributed by atoms with Gasteiger partial charge in [0.05, 0.1) is 11.6 Å². The molecule has 3 N–H and O–H groups in total. The molecule has 3 rings (SSSR count). The Morgan fingerprint density at radius 2 is 1.83 bits per heavy atom. The maximum atomic E-state index is 13.9. The lowest BCUT2D eigenvalue weighted by Crippen LogP contribution is -2.33. The number of anilines is 2. The number of halogens is 1. The molecule has 2 atom stereocenters. The van der Waals surface area contributed by atoms with Crippen molar-refractivity contribution in [3.63, 3.8) is 0 Å². The number of primary amides is 1. The van der Waals surface area contributed by atoms with Crippen LogP contribution >= 0.6 is 0 Å². The van der Waals surface area contributed by atoms with Gasteiger partial charge < -0.3 is 20.7 Å². The summed E-state index contributed by atoms with van der Waals surface area (Å²) in [5.41, 5.74) is 5.95. The van der Waals surface area contributed by atoms with E-state index in [9.17, 15) is 23.6 Å². The lowest BCUT2D eigenvalue weighted by Gasteiger charge is -2.18. The van der Waals surface area contributed by atoms with Crippen LogP contribution in [0.1, 0.15) is 23.7 Å². The Labute approximate surface area is 171 Å². The van der Waals surface area contributed by atoms with Gasteiger partial charge in [0.15, 0.2) is 6.10 Å². The molecule has 0 bridgehead atoms. The summed E-state index contributed by atoms with van der Waals surface area (Å²) in [6.07, 6.45) is -1.25. The van der Waals surface area contributed by atoms with E-state index in [1.807, 2.05) is 0 Å². The van der Waals surface area contributed by atoms with Crippen LogP contribution < -0.4 is 16.0 Å². The molecule has 30 heavy (non-hydrogen) atoms. The largest absolute Gasteiger partial charge is 0.452 e. The molecule has 1 fully saturated rings. The van der Waals surface area contributed by atoms with Gasteiger partial charge in [-0.05, 0) is 43.3 Å². The van der Waals surface area contributed by atoms with E-state index in [1.165, 1.54) is 54.3 Å². The van der Waals surface area contributed by atoms with E-state index in [-0.39, 0.29) is 24.2 Å². The number of para-hydroxylation sites is 1. The number of carbonyl (C=O) groups is 4. The lowest BCUT2D eigenvalue weighted by molar-refractivity contribution is -0.157. The quantitative estimate of drug-likeness (QED) is 0.701. The molecule has 8 nitrogen and oxygen atoms in total. The van der Waals surface area contributed by atoms with Crippen molar-refractivity contribution < 1.29 is 28.3 Å². The summed E-state index contributed by atoms with van der Waals surface area (Å²) < 4.78 is 19.1. The van der Waals surface area contributed by atoms with Gasteiger partial charge in [-0.25, -0.2) is 4.39 Å².